The first-order valence-electron chi connectivity index (χ1n) is 7.74. The molecule has 2 N–H and O–H groups in total. The average Bonchev–Trinajstić information content (AvgIpc) is 3.12. The van der Waals surface area contributed by atoms with E-state index in [0.29, 0.717) is 24.1 Å². The summed E-state index contributed by atoms with van der Waals surface area (Å²) in [5.74, 6) is 1.35. The second kappa shape index (κ2) is 7.57. The Bertz CT molecular complexity index is 889. The van der Waals surface area contributed by atoms with E-state index in [1.807, 2.05) is 36.4 Å². The molecule has 7 heteroatoms. The maximum Gasteiger partial charge on any atom is 0.289 e. The molecular weight excluding hydrogens is 320 g/mol. The molecule has 0 saturated heterocycles. The molecule has 0 bridgehead atoms. The molecule has 130 valence electrons. The molecule has 1 heterocycles. The summed E-state index contributed by atoms with van der Waals surface area (Å²) in [6.45, 7) is 0.354. The fraction of sp³-hybridized carbons (Fsp3) is 0.222. The number of fused-ring (bicyclic) bond motifs is 1. The molecule has 2 aromatic carbocycles. The number of amidine groups is 1. The second-order valence-corrected chi connectivity index (χ2v) is 5.30. The van der Waals surface area contributed by atoms with Gasteiger partial charge in [-0.2, -0.15) is 5.10 Å². The van der Waals surface area contributed by atoms with E-state index in [1.165, 1.54) is 0 Å². The minimum Gasteiger partial charge on any atom is -0.493 e. The lowest BCUT2D eigenvalue weighted by Crippen LogP contribution is -2.16. The number of benzene rings is 2. The van der Waals surface area contributed by atoms with E-state index in [2.05, 4.69) is 20.5 Å². The number of rotatable bonds is 5. The van der Waals surface area contributed by atoms with Gasteiger partial charge in [0.25, 0.3) is 6.02 Å². The molecule has 0 aliphatic carbocycles. The maximum absolute atomic E-state index is 5.76. The van der Waals surface area contributed by atoms with Gasteiger partial charge in [0.15, 0.2) is 11.5 Å². The smallest absolute Gasteiger partial charge is 0.289 e. The minimum atomic E-state index is 0.354. The highest BCUT2D eigenvalue weighted by Crippen LogP contribution is 2.27. The van der Waals surface area contributed by atoms with Crippen LogP contribution in [0.15, 0.2) is 47.6 Å². The molecule has 1 aromatic heterocycles. The summed E-state index contributed by atoms with van der Waals surface area (Å²) in [4.78, 5) is 4.14. The number of nitrogens with zero attached hydrogens (tertiary/aromatic N) is 2. The van der Waals surface area contributed by atoms with Crippen LogP contribution in [0.3, 0.4) is 0 Å². The van der Waals surface area contributed by atoms with Crippen LogP contribution >= 0.6 is 0 Å². The molecule has 0 amide bonds. The van der Waals surface area contributed by atoms with E-state index in [4.69, 9.17) is 14.2 Å². The largest absolute Gasteiger partial charge is 0.493 e. The van der Waals surface area contributed by atoms with Gasteiger partial charge in [-0.3, -0.25) is 5.10 Å². The Balaban J connectivity index is 1.66. The standard InChI is InChI=1S/C18H20N4O3/c1-19-18(21-14-6-5-13-10-20-22-15(13)9-14)25-11-12-4-7-16(23-2)17(8-12)24-3/h4-10H,11H2,1-3H3,(H,19,21)(H,20,22). The Kier molecular flexibility index (Phi) is 5.03. The molecule has 0 unspecified atom stereocenters. The Labute approximate surface area is 145 Å². The number of anilines is 1. The van der Waals surface area contributed by atoms with Crippen LogP contribution in [0.2, 0.25) is 0 Å². The quantitative estimate of drug-likeness (QED) is 0.551. The third-order valence-electron chi connectivity index (χ3n) is 3.72. The van der Waals surface area contributed by atoms with Crippen molar-refractivity contribution in [3.8, 4) is 11.5 Å². The van der Waals surface area contributed by atoms with Crippen molar-refractivity contribution in [1.82, 2.24) is 10.2 Å². The highest BCUT2D eigenvalue weighted by atomic mass is 16.5. The molecule has 0 spiro atoms. The van der Waals surface area contributed by atoms with Gasteiger partial charge >= 0.3 is 0 Å². The van der Waals surface area contributed by atoms with Crippen molar-refractivity contribution in [2.24, 2.45) is 4.99 Å². The van der Waals surface area contributed by atoms with Gasteiger partial charge in [0.2, 0.25) is 0 Å². The molecule has 25 heavy (non-hydrogen) atoms. The van der Waals surface area contributed by atoms with Crippen molar-refractivity contribution in [3.05, 3.63) is 48.2 Å². The number of aromatic amines is 1. The topological polar surface area (TPSA) is 80.8 Å². The van der Waals surface area contributed by atoms with Gasteiger partial charge in [0, 0.05) is 18.1 Å². The molecule has 0 fully saturated rings. The van der Waals surface area contributed by atoms with Crippen LogP contribution in [0.4, 0.5) is 5.69 Å². The SMILES string of the molecule is CN=C(Nc1ccc2cn[nH]c2c1)OCc1ccc(OC)c(OC)c1. The lowest BCUT2D eigenvalue weighted by Gasteiger charge is -2.13. The lowest BCUT2D eigenvalue weighted by atomic mass is 10.2. The first-order chi connectivity index (χ1) is 12.2. The molecule has 7 nitrogen and oxygen atoms in total. The number of aliphatic imine (C=N–C) groups is 1. The fourth-order valence-corrected chi connectivity index (χ4v) is 2.42. The third kappa shape index (κ3) is 3.82. The van der Waals surface area contributed by atoms with Crippen molar-refractivity contribution >= 4 is 22.6 Å². The summed E-state index contributed by atoms with van der Waals surface area (Å²) in [6.07, 6.45) is 1.78. The monoisotopic (exact) mass is 340 g/mol. The summed E-state index contributed by atoms with van der Waals surface area (Å²) in [5, 5.41) is 11.2. The van der Waals surface area contributed by atoms with Crippen LogP contribution in [0.1, 0.15) is 5.56 Å². The van der Waals surface area contributed by atoms with E-state index >= 15 is 0 Å². The second-order valence-electron chi connectivity index (χ2n) is 5.30. The highest BCUT2D eigenvalue weighted by Gasteiger charge is 2.07. The van der Waals surface area contributed by atoms with E-state index in [1.54, 1.807) is 27.5 Å². The van der Waals surface area contributed by atoms with Gasteiger partial charge in [-0.15, -0.1) is 0 Å². The van der Waals surface area contributed by atoms with Crippen molar-refractivity contribution in [2.75, 3.05) is 26.6 Å². The molecule has 0 saturated carbocycles. The number of methoxy groups -OCH3 is 2. The number of hydrogen-bond donors (Lipinski definition) is 2. The third-order valence-corrected chi connectivity index (χ3v) is 3.72. The van der Waals surface area contributed by atoms with Gasteiger partial charge in [-0.1, -0.05) is 6.07 Å². The fourth-order valence-electron chi connectivity index (χ4n) is 2.42. The number of ether oxygens (including phenoxy) is 3. The Morgan fingerprint density at radius 3 is 2.72 bits per heavy atom. The van der Waals surface area contributed by atoms with Crippen LogP contribution < -0.4 is 14.8 Å². The van der Waals surface area contributed by atoms with Crippen molar-refractivity contribution in [1.29, 1.82) is 0 Å². The average molecular weight is 340 g/mol. The predicted octanol–water partition coefficient (Wildman–Crippen LogP) is 3.19. The van der Waals surface area contributed by atoms with Crippen LogP contribution in [0.5, 0.6) is 11.5 Å². The predicted molar refractivity (Wildman–Crippen MR) is 97.4 cm³/mol. The van der Waals surface area contributed by atoms with E-state index in [-0.39, 0.29) is 0 Å². The number of H-pyrrole nitrogens is 1. The Morgan fingerprint density at radius 2 is 1.96 bits per heavy atom. The Morgan fingerprint density at radius 1 is 1.12 bits per heavy atom. The number of aromatic nitrogens is 2. The first-order valence-corrected chi connectivity index (χ1v) is 7.74. The van der Waals surface area contributed by atoms with Crippen molar-refractivity contribution < 1.29 is 14.2 Å². The highest BCUT2D eigenvalue weighted by molar-refractivity contribution is 5.92. The van der Waals surface area contributed by atoms with Crippen molar-refractivity contribution in [3.63, 3.8) is 0 Å². The number of hydrogen-bond acceptors (Lipinski definition) is 5. The van der Waals surface area contributed by atoms with Crippen LogP contribution in [-0.4, -0.2) is 37.5 Å². The molecule has 3 rings (SSSR count). The minimum absolute atomic E-state index is 0.354. The maximum atomic E-state index is 5.76. The summed E-state index contributed by atoms with van der Waals surface area (Å²) < 4.78 is 16.3. The summed E-state index contributed by atoms with van der Waals surface area (Å²) in [5.41, 5.74) is 2.76. The molecule has 0 radical (unpaired) electrons. The molecular formula is C18H20N4O3. The molecule has 0 aliphatic rings. The van der Waals surface area contributed by atoms with Crippen LogP contribution in [-0.2, 0) is 11.3 Å². The van der Waals surface area contributed by atoms with Gasteiger partial charge in [-0.25, -0.2) is 4.99 Å². The van der Waals surface area contributed by atoms with Gasteiger partial charge in [-0.05, 0) is 35.9 Å². The molecule has 0 atom stereocenters. The first kappa shape index (κ1) is 16.6. The zero-order chi connectivity index (χ0) is 17.6. The summed E-state index contributed by atoms with van der Waals surface area (Å²) in [6, 6.07) is 11.9. The van der Waals surface area contributed by atoms with Gasteiger partial charge < -0.3 is 19.5 Å². The molecule has 3 aromatic rings. The van der Waals surface area contributed by atoms with Gasteiger partial charge in [0.1, 0.15) is 6.61 Å². The normalized spacial score (nSPS) is 11.4. The van der Waals surface area contributed by atoms with E-state index < -0.39 is 0 Å². The zero-order valence-corrected chi connectivity index (χ0v) is 14.4. The Hall–Kier alpha value is -3.22. The van der Waals surface area contributed by atoms with E-state index in [0.717, 1.165) is 22.2 Å². The van der Waals surface area contributed by atoms with Gasteiger partial charge in [0.05, 0.1) is 25.9 Å². The molecule has 0 aliphatic heterocycles. The number of nitrogens with one attached hydrogen (secondary N) is 2. The summed E-state index contributed by atoms with van der Waals surface area (Å²) in [7, 11) is 4.89. The zero-order valence-electron chi connectivity index (χ0n) is 14.4. The lowest BCUT2D eigenvalue weighted by molar-refractivity contribution is 0.289. The van der Waals surface area contributed by atoms with Crippen LogP contribution in [0, 0.1) is 0 Å². The van der Waals surface area contributed by atoms with E-state index in [9.17, 15) is 0 Å². The van der Waals surface area contributed by atoms with Crippen molar-refractivity contribution in [2.45, 2.75) is 6.61 Å². The van der Waals surface area contributed by atoms with Crippen LogP contribution in [0.25, 0.3) is 10.9 Å². The summed E-state index contributed by atoms with van der Waals surface area (Å²) >= 11 is 0.